The van der Waals surface area contributed by atoms with Gasteiger partial charge in [0.05, 0.1) is 12.3 Å². The van der Waals surface area contributed by atoms with Crippen LogP contribution in [0.4, 0.5) is 0 Å². The molecule has 1 heterocycles. The molecule has 6 nitrogen and oxygen atoms in total. The number of nitrogens with zero attached hydrogens (tertiary/aromatic N) is 2. The number of rotatable bonds is 4. The monoisotopic (exact) mass is 404 g/mol. The van der Waals surface area contributed by atoms with Crippen molar-refractivity contribution in [3.8, 4) is 0 Å². The van der Waals surface area contributed by atoms with E-state index in [9.17, 15) is 8.42 Å². The van der Waals surface area contributed by atoms with Crippen LogP contribution < -0.4 is 10.5 Å². The molecule has 114 valence electrons. The average molecular weight is 404 g/mol. The summed E-state index contributed by atoms with van der Waals surface area (Å²) in [7, 11) is -3.43. The predicted molar refractivity (Wildman–Crippen MR) is 89.3 cm³/mol. The summed E-state index contributed by atoms with van der Waals surface area (Å²) in [5.74, 6) is 1.35. The smallest absolute Gasteiger partial charge is 0.210 e. The molecule has 0 radical (unpaired) electrons. The maximum Gasteiger partial charge on any atom is 0.210 e. The lowest BCUT2D eigenvalue weighted by molar-refractivity contribution is 0.266. The number of piperidine rings is 1. The number of halogens is 1. The van der Waals surface area contributed by atoms with Gasteiger partial charge < -0.3 is 10.2 Å². The van der Waals surface area contributed by atoms with E-state index in [-0.39, 0.29) is 36.3 Å². The number of aliphatic imine (C=N–C) groups is 1. The molecule has 1 atom stereocenters. The maximum atomic E-state index is 10.9. The number of primary sulfonamides is 1. The molecule has 8 heteroatoms. The van der Waals surface area contributed by atoms with Crippen LogP contribution in [0.2, 0.25) is 0 Å². The summed E-state index contributed by atoms with van der Waals surface area (Å²) >= 11 is 0. The van der Waals surface area contributed by atoms with Gasteiger partial charge in [0.15, 0.2) is 5.96 Å². The highest BCUT2D eigenvalue weighted by Crippen LogP contribution is 2.15. The quantitative estimate of drug-likeness (QED) is 0.408. The highest BCUT2D eigenvalue weighted by atomic mass is 127. The van der Waals surface area contributed by atoms with E-state index < -0.39 is 10.0 Å². The van der Waals surface area contributed by atoms with Crippen LogP contribution in [0.15, 0.2) is 4.99 Å². The zero-order valence-electron chi connectivity index (χ0n) is 11.6. The first-order chi connectivity index (χ1) is 8.42. The normalized spacial score (nSPS) is 20.9. The van der Waals surface area contributed by atoms with E-state index in [2.05, 4.69) is 22.1 Å². The molecule has 0 spiro atoms. The van der Waals surface area contributed by atoms with Gasteiger partial charge in [0.2, 0.25) is 10.0 Å². The number of hydrogen-bond donors (Lipinski definition) is 2. The third-order valence-corrected chi connectivity index (χ3v) is 3.68. The lowest BCUT2D eigenvalue weighted by Gasteiger charge is -2.33. The lowest BCUT2D eigenvalue weighted by Crippen LogP contribution is -2.46. The molecule has 0 aliphatic carbocycles. The van der Waals surface area contributed by atoms with Gasteiger partial charge in [-0.25, -0.2) is 13.6 Å². The van der Waals surface area contributed by atoms with Crippen LogP contribution in [0.5, 0.6) is 0 Å². The first kappa shape index (κ1) is 18.9. The summed E-state index contributed by atoms with van der Waals surface area (Å²) in [6, 6.07) is 0. The number of hydrogen-bond acceptors (Lipinski definition) is 3. The molecule has 3 N–H and O–H groups in total. The Morgan fingerprint density at radius 2 is 2.21 bits per heavy atom. The van der Waals surface area contributed by atoms with Crippen molar-refractivity contribution in [2.75, 3.05) is 31.9 Å². The molecular weight excluding hydrogens is 379 g/mol. The van der Waals surface area contributed by atoms with Crippen molar-refractivity contribution in [1.82, 2.24) is 10.2 Å². The Bertz CT molecular complexity index is 386. The van der Waals surface area contributed by atoms with Crippen LogP contribution in [0.3, 0.4) is 0 Å². The summed E-state index contributed by atoms with van der Waals surface area (Å²) in [4.78, 5) is 6.52. The summed E-state index contributed by atoms with van der Waals surface area (Å²) in [6.07, 6.45) is 2.40. The molecule has 0 aromatic heterocycles. The summed E-state index contributed by atoms with van der Waals surface area (Å²) < 4.78 is 21.7. The summed E-state index contributed by atoms with van der Waals surface area (Å²) in [5.41, 5.74) is 0. The first-order valence-corrected chi connectivity index (χ1v) is 8.17. The zero-order chi connectivity index (χ0) is 13.6. The maximum absolute atomic E-state index is 10.9. The Kier molecular flexibility index (Phi) is 8.92. The standard InChI is InChI=1S/C11H24N4O2S.HI/c1-3-13-11(14-6-8-18(12,16)17)15-7-4-5-10(2)9-15;/h10H,3-9H2,1-2H3,(H,13,14)(H2,12,16,17);1H. The van der Waals surface area contributed by atoms with Crippen molar-refractivity contribution in [2.24, 2.45) is 16.0 Å². The van der Waals surface area contributed by atoms with Crippen LogP contribution in [0.1, 0.15) is 26.7 Å². The van der Waals surface area contributed by atoms with Gasteiger partial charge in [0.25, 0.3) is 0 Å². The highest BCUT2D eigenvalue weighted by molar-refractivity contribution is 14.0. The van der Waals surface area contributed by atoms with E-state index in [0.717, 1.165) is 32.0 Å². The summed E-state index contributed by atoms with van der Waals surface area (Å²) in [5, 5.41) is 8.16. The van der Waals surface area contributed by atoms with Crippen LogP contribution in [-0.4, -0.2) is 51.2 Å². The fourth-order valence-corrected chi connectivity index (χ4v) is 2.43. The van der Waals surface area contributed by atoms with Crippen molar-refractivity contribution < 1.29 is 8.42 Å². The Labute approximate surface area is 133 Å². The molecule has 1 fully saturated rings. The molecule has 1 saturated heterocycles. The van der Waals surface area contributed by atoms with Crippen molar-refractivity contribution in [2.45, 2.75) is 26.7 Å². The van der Waals surface area contributed by atoms with E-state index in [1.165, 1.54) is 6.42 Å². The minimum Gasteiger partial charge on any atom is -0.357 e. The first-order valence-electron chi connectivity index (χ1n) is 6.46. The largest absolute Gasteiger partial charge is 0.357 e. The highest BCUT2D eigenvalue weighted by Gasteiger charge is 2.19. The lowest BCUT2D eigenvalue weighted by atomic mass is 10.0. The van der Waals surface area contributed by atoms with E-state index in [0.29, 0.717) is 5.92 Å². The van der Waals surface area contributed by atoms with E-state index in [4.69, 9.17) is 5.14 Å². The van der Waals surface area contributed by atoms with Gasteiger partial charge in [-0.1, -0.05) is 6.92 Å². The van der Waals surface area contributed by atoms with Crippen molar-refractivity contribution in [3.63, 3.8) is 0 Å². The molecule has 0 aromatic rings. The van der Waals surface area contributed by atoms with Gasteiger partial charge in [-0.05, 0) is 25.7 Å². The number of nitrogens with one attached hydrogen (secondary N) is 1. The number of guanidine groups is 1. The van der Waals surface area contributed by atoms with Gasteiger partial charge in [-0.3, -0.25) is 4.99 Å². The minimum atomic E-state index is -3.43. The van der Waals surface area contributed by atoms with Gasteiger partial charge >= 0.3 is 0 Å². The average Bonchev–Trinajstić information content (AvgIpc) is 2.26. The van der Waals surface area contributed by atoms with E-state index in [1.54, 1.807) is 0 Å². The number of likely N-dealkylation sites (tertiary alicyclic amines) is 1. The Morgan fingerprint density at radius 3 is 2.74 bits per heavy atom. The number of nitrogens with two attached hydrogens (primary N) is 1. The molecule has 0 saturated carbocycles. The third-order valence-electron chi connectivity index (χ3n) is 2.93. The zero-order valence-corrected chi connectivity index (χ0v) is 14.8. The second-order valence-corrected chi connectivity index (χ2v) is 6.53. The van der Waals surface area contributed by atoms with Crippen LogP contribution >= 0.6 is 24.0 Å². The van der Waals surface area contributed by atoms with Crippen molar-refractivity contribution >= 4 is 40.0 Å². The predicted octanol–water partition coefficient (Wildman–Crippen LogP) is 0.590. The van der Waals surface area contributed by atoms with Crippen LogP contribution in [0, 0.1) is 5.92 Å². The van der Waals surface area contributed by atoms with Gasteiger partial charge in [0, 0.05) is 19.6 Å². The van der Waals surface area contributed by atoms with Crippen molar-refractivity contribution in [3.05, 3.63) is 0 Å². The molecular formula is C11H25IN4O2S. The Balaban J connectivity index is 0.00000324. The number of sulfonamides is 1. The molecule has 1 unspecified atom stereocenters. The van der Waals surface area contributed by atoms with Gasteiger partial charge in [0.1, 0.15) is 0 Å². The molecule has 1 aliphatic rings. The molecule has 1 aliphatic heterocycles. The van der Waals surface area contributed by atoms with Crippen LogP contribution in [0.25, 0.3) is 0 Å². The molecule has 0 aromatic carbocycles. The third kappa shape index (κ3) is 7.93. The van der Waals surface area contributed by atoms with E-state index >= 15 is 0 Å². The topological polar surface area (TPSA) is 87.8 Å². The second kappa shape index (κ2) is 8.96. The second-order valence-electron chi connectivity index (χ2n) is 4.80. The van der Waals surface area contributed by atoms with Crippen LogP contribution in [-0.2, 0) is 10.0 Å². The van der Waals surface area contributed by atoms with E-state index in [1.807, 2.05) is 6.92 Å². The van der Waals surface area contributed by atoms with Crippen molar-refractivity contribution in [1.29, 1.82) is 0 Å². The Morgan fingerprint density at radius 1 is 1.53 bits per heavy atom. The fourth-order valence-electron chi connectivity index (χ4n) is 2.09. The van der Waals surface area contributed by atoms with Gasteiger partial charge in [-0.15, -0.1) is 24.0 Å². The Hall–Kier alpha value is -0.0900. The molecule has 19 heavy (non-hydrogen) atoms. The minimum absolute atomic E-state index is 0. The SMILES string of the molecule is CCNC(=NCCS(N)(=O)=O)N1CCCC(C)C1.I. The molecule has 0 amide bonds. The molecule has 0 bridgehead atoms. The van der Waals surface area contributed by atoms with Gasteiger partial charge in [-0.2, -0.15) is 0 Å². The summed E-state index contributed by atoms with van der Waals surface area (Å²) in [6.45, 7) is 7.17. The molecule has 1 rings (SSSR count). The fraction of sp³-hybridized carbons (Fsp3) is 0.909.